The van der Waals surface area contributed by atoms with Gasteiger partial charge in [0.25, 0.3) is 0 Å². The molecule has 1 N–H and O–H groups in total. The van der Waals surface area contributed by atoms with E-state index in [1.54, 1.807) is 43.1 Å². The van der Waals surface area contributed by atoms with Crippen LogP contribution < -0.4 is 4.74 Å². The Morgan fingerprint density at radius 3 is 2.68 bits per heavy atom. The standard InChI is InChI=1S/C21H21F2N5O2S/c22-19(23)30-18-6-4-16(5-7-18)21(29)14-31-20(26-17-3-1-8-24-13-17)28(21)11-2-10-27-12-9-25-15-27/h1,3-9,12-13,15,19,29H,2,10-11,14H2/t21-/m1/s1. The molecule has 0 saturated carbocycles. The fourth-order valence-corrected chi connectivity index (χ4v) is 4.58. The van der Waals surface area contributed by atoms with E-state index in [2.05, 4.69) is 19.7 Å². The number of aromatic nitrogens is 3. The number of hydrogen-bond acceptors (Lipinski definition) is 6. The van der Waals surface area contributed by atoms with Gasteiger partial charge >= 0.3 is 6.61 Å². The van der Waals surface area contributed by atoms with Gasteiger partial charge in [-0.2, -0.15) is 8.78 Å². The van der Waals surface area contributed by atoms with Crippen molar-refractivity contribution >= 4 is 22.6 Å². The number of imidazole rings is 1. The first-order valence-corrected chi connectivity index (χ1v) is 10.7. The molecule has 1 aliphatic heterocycles. The zero-order valence-corrected chi connectivity index (χ0v) is 17.3. The summed E-state index contributed by atoms with van der Waals surface area (Å²) in [6, 6.07) is 9.73. The number of halogens is 2. The zero-order chi connectivity index (χ0) is 21.7. The predicted octanol–water partition coefficient (Wildman–Crippen LogP) is 3.85. The van der Waals surface area contributed by atoms with Crippen LogP contribution in [-0.4, -0.2) is 48.6 Å². The second-order valence-electron chi connectivity index (χ2n) is 6.92. The van der Waals surface area contributed by atoms with E-state index < -0.39 is 12.3 Å². The number of nitrogens with zero attached hydrogens (tertiary/aromatic N) is 5. The molecule has 4 rings (SSSR count). The molecule has 31 heavy (non-hydrogen) atoms. The molecule has 0 amide bonds. The predicted molar refractivity (Wildman–Crippen MR) is 114 cm³/mol. The summed E-state index contributed by atoms with van der Waals surface area (Å²) >= 11 is 1.44. The molecule has 0 radical (unpaired) electrons. The van der Waals surface area contributed by atoms with E-state index in [-0.39, 0.29) is 5.75 Å². The van der Waals surface area contributed by atoms with E-state index in [1.807, 2.05) is 21.7 Å². The summed E-state index contributed by atoms with van der Waals surface area (Å²) in [5, 5.41) is 12.3. The van der Waals surface area contributed by atoms with E-state index in [1.165, 1.54) is 23.9 Å². The highest BCUT2D eigenvalue weighted by Gasteiger charge is 2.44. The number of benzene rings is 1. The van der Waals surface area contributed by atoms with E-state index in [0.29, 0.717) is 28.7 Å². The van der Waals surface area contributed by atoms with Crippen molar-refractivity contribution in [3.05, 3.63) is 73.1 Å². The second-order valence-corrected chi connectivity index (χ2v) is 7.86. The van der Waals surface area contributed by atoms with Crippen molar-refractivity contribution in [3.63, 3.8) is 0 Å². The third kappa shape index (κ3) is 5.02. The van der Waals surface area contributed by atoms with Crippen LogP contribution in [0.3, 0.4) is 0 Å². The molecule has 1 atom stereocenters. The number of amidine groups is 1. The summed E-state index contributed by atoms with van der Waals surface area (Å²) in [4.78, 5) is 14.7. The van der Waals surface area contributed by atoms with Crippen LogP contribution >= 0.6 is 11.8 Å². The lowest BCUT2D eigenvalue weighted by molar-refractivity contribution is -0.0514. The molecule has 1 aromatic carbocycles. The normalized spacial score (nSPS) is 20.0. The second kappa shape index (κ2) is 9.44. The van der Waals surface area contributed by atoms with Gasteiger partial charge < -0.3 is 19.3 Å². The van der Waals surface area contributed by atoms with E-state index >= 15 is 0 Å². The van der Waals surface area contributed by atoms with Crippen molar-refractivity contribution in [2.75, 3.05) is 12.3 Å². The first kappa shape index (κ1) is 21.3. The van der Waals surface area contributed by atoms with Gasteiger partial charge in [0.1, 0.15) is 5.75 Å². The lowest BCUT2D eigenvalue weighted by Gasteiger charge is -2.34. The minimum atomic E-state index is -2.89. The molecule has 0 aliphatic carbocycles. The number of alkyl halides is 2. The van der Waals surface area contributed by atoms with Crippen molar-refractivity contribution in [1.82, 2.24) is 19.4 Å². The van der Waals surface area contributed by atoms with Crippen LogP contribution in [0.4, 0.5) is 14.5 Å². The number of rotatable bonds is 8. The maximum atomic E-state index is 12.5. The van der Waals surface area contributed by atoms with Crippen LogP contribution in [0.25, 0.3) is 0 Å². The third-order valence-corrected chi connectivity index (χ3v) is 5.97. The van der Waals surface area contributed by atoms with E-state index in [0.717, 1.165) is 13.0 Å². The fourth-order valence-electron chi connectivity index (χ4n) is 3.36. The highest BCUT2D eigenvalue weighted by atomic mass is 32.2. The van der Waals surface area contributed by atoms with Gasteiger partial charge in [0, 0.05) is 37.2 Å². The number of aryl methyl sites for hydroxylation is 1. The molecule has 0 unspecified atom stereocenters. The van der Waals surface area contributed by atoms with E-state index in [9.17, 15) is 13.9 Å². The van der Waals surface area contributed by atoms with Gasteiger partial charge in [-0.25, -0.2) is 9.98 Å². The van der Waals surface area contributed by atoms with Crippen molar-refractivity contribution in [2.24, 2.45) is 4.99 Å². The van der Waals surface area contributed by atoms with Crippen molar-refractivity contribution in [2.45, 2.75) is 25.3 Å². The zero-order valence-electron chi connectivity index (χ0n) is 16.5. The largest absolute Gasteiger partial charge is 0.435 e. The van der Waals surface area contributed by atoms with Gasteiger partial charge in [-0.1, -0.05) is 23.9 Å². The molecule has 0 bridgehead atoms. The van der Waals surface area contributed by atoms with Gasteiger partial charge in [0.05, 0.1) is 24.0 Å². The molecule has 162 valence electrons. The van der Waals surface area contributed by atoms with Crippen LogP contribution in [0.2, 0.25) is 0 Å². The molecular formula is C21H21F2N5O2S. The minimum absolute atomic E-state index is 0.0453. The Morgan fingerprint density at radius 2 is 2.00 bits per heavy atom. The lowest BCUT2D eigenvalue weighted by atomic mass is 10.0. The molecule has 3 aromatic rings. The highest BCUT2D eigenvalue weighted by molar-refractivity contribution is 8.14. The molecule has 1 fully saturated rings. The lowest BCUT2D eigenvalue weighted by Crippen LogP contribution is -2.45. The summed E-state index contributed by atoms with van der Waals surface area (Å²) in [7, 11) is 0. The van der Waals surface area contributed by atoms with Crippen LogP contribution in [0.1, 0.15) is 12.0 Å². The topological polar surface area (TPSA) is 75.8 Å². The minimum Gasteiger partial charge on any atom is -0.435 e. The Morgan fingerprint density at radius 1 is 1.16 bits per heavy atom. The molecule has 0 spiro atoms. The Kier molecular flexibility index (Phi) is 6.47. The molecule has 10 heteroatoms. The first-order chi connectivity index (χ1) is 15.0. The van der Waals surface area contributed by atoms with Crippen LogP contribution in [0, 0.1) is 0 Å². The molecule has 7 nitrogen and oxygen atoms in total. The van der Waals surface area contributed by atoms with E-state index in [4.69, 9.17) is 0 Å². The SMILES string of the molecule is O[C@@]1(c2ccc(OC(F)F)cc2)CSC(=Nc2cccnc2)N1CCCn1ccnc1. The number of aliphatic imine (C=N–C) groups is 1. The number of hydrogen-bond donors (Lipinski definition) is 1. The smallest absolute Gasteiger partial charge is 0.387 e. The average Bonchev–Trinajstić information content (AvgIpc) is 3.39. The number of aliphatic hydroxyl groups is 1. The van der Waals surface area contributed by atoms with Crippen molar-refractivity contribution in [3.8, 4) is 5.75 Å². The van der Waals surface area contributed by atoms with Gasteiger partial charge in [-0.15, -0.1) is 0 Å². The van der Waals surface area contributed by atoms with Gasteiger partial charge in [0.2, 0.25) is 0 Å². The summed E-state index contributed by atoms with van der Waals surface area (Å²) < 4.78 is 31.3. The molecule has 1 saturated heterocycles. The third-order valence-electron chi connectivity index (χ3n) is 4.85. The van der Waals surface area contributed by atoms with Gasteiger partial charge in [-0.05, 0) is 30.7 Å². The molecule has 1 aliphatic rings. The Bertz CT molecular complexity index is 1000. The quantitative estimate of drug-likeness (QED) is 0.568. The van der Waals surface area contributed by atoms with Gasteiger partial charge in [0.15, 0.2) is 10.9 Å². The number of thioether (sulfide) groups is 1. The average molecular weight is 445 g/mol. The summed E-state index contributed by atoms with van der Waals surface area (Å²) in [6.45, 7) is -1.62. The molecular weight excluding hydrogens is 424 g/mol. The maximum absolute atomic E-state index is 12.5. The van der Waals surface area contributed by atoms with Crippen molar-refractivity contribution in [1.29, 1.82) is 0 Å². The Balaban J connectivity index is 1.58. The fraction of sp³-hybridized carbons (Fsp3) is 0.286. The molecule has 2 aromatic heterocycles. The first-order valence-electron chi connectivity index (χ1n) is 9.67. The van der Waals surface area contributed by atoms with Crippen molar-refractivity contribution < 1.29 is 18.6 Å². The highest BCUT2D eigenvalue weighted by Crippen LogP contribution is 2.40. The summed E-state index contributed by atoms with van der Waals surface area (Å²) in [5.74, 6) is 0.399. The summed E-state index contributed by atoms with van der Waals surface area (Å²) in [6.07, 6.45) is 9.44. The Hall–Kier alpha value is -2.98. The number of pyridine rings is 1. The van der Waals surface area contributed by atoms with Crippen LogP contribution in [0.5, 0.6) is 5.75 Å². The van der Waals surface area contributed by atoms with Crippen LogP contribution in [0.15, 0.2) is 72.5 Å². The summed E-state index contributed by atoms with van der Waals surface area (Å²) in [5.41, 5.74) is -0.0560. The molecule has 3 heterocycles. The monoisotopic (exact) mass is 445 g/mol. The Labute approximate surface area is 182 Å². The van der Waals surface area contributed by atoms with Gasteiger partial charge in [-0.3, -0.25) is 4.98 Å². The number of ether oxygens (including phenoxy) is 1. The van der Waals surface area contributed by atoms with Crippen LogP contribution in [-0.2, 0) is 12.3 Å². The maximum Gasteiger partial charge on any atom is 0.387 e.